The first-order valence-corrected chi connectivity index (χ1v) is 8.00. The summed E-state index contributed by atoms with van der Waals surface area (Å²) >= 11 is 1.74. The number of hydrogen-bond acceptors (Lipinski definition) is 3. The molecule has 0 spiro atoms. The number of carbonyl (C=O) groups is 1. The number of carbonyl (C=O) groups excluding carboxylic acids is 1. The van der Waals surface area contributed by atoms with Gasteiger partial charge in [-0.25, -0.2) is 0 Å². The van der Waals surface area contributed by atoms with Gasteiger partial charge in [-0.2, -0.15) is 0 Å². The lowest BCUT2D eigenvalue weighted by Gasteiger charge is -2.19. The van der Waals surface area contributed by atoms with E-state index in [0.29, 0.717) is 6.54 Å². The second kappa shape index (κ2) is 7.38. The van der Waals surface area contributed by atoms with Gasteiger partial charge in [-0.3, -0.25) is 9.69 Å². The number of aryl methyl sites for hydroxylation is 1. The summed E-state index contributed by atoms with van der Waals surface area (Å²) < 4.78 is 0. The van der Waals surface area contributed by atoms with Crippen molar-refractivity contribution in [1.29, 1.82) is 0 Å². The molecule has 1 aromatic carbocycles. The largest absolute Gasteiger partial charge is 0.348 e. The van der Waals surface area contributed by atoms with Gasteiger partial charge in [0.2, 0.25) is 5.91 Å². The third-order valence-corrected chi connectivity index (χ3v) is 4.48. The van der Waals surface area contributed by atoms with Crippen molar-refractivity contribution in [3.63, 3.8) is 0 Å². The lowest BCUT2D eigenvalue weighted by Crippen LogP contribution is -2.36. The molecule has 1 amide bonds. The standard InChI is InChI=1S/C17H22N2OS/c1-13-9-10-21-16(13)11-19(3)12-17(20)18-14(2)15-7-5-4-6-8-15/h4-10,14H,11-12H2,1-3H3,(H,18,20)/t14-/m1/s1. The monoisotopic (exact) mass is 302 g/mol. The van der Waals surface area contributed by atoms with E-state index in [1.54, 1.807) is 11.3 Å². The van der Waals surface area contributed by atoms with Crippen LogP contribution in [0.5, 0.6) is 0 Å². The highest BCUT2D eigenvalue weighted by Crippen LogP contribution is 2.17. The molecule has 0 unspecified atom stereocenters. The number of thiophene rings is 1. The van der Waals surface area contributed by atoms with Gasteiger partial charge in [0.25, 0.3) is 0 Å². The van der Waals surface area contributed by atoms with E-state index in [0.717, 1.165) is 12.1 Å². The van der Waals surface area contributed by atoms with Crippen molar-refractivity contribution in [1.82, 2.24) is 10.2 Å². The number of likely N-dealkylation sites (N-methyl/N-ethyl adjacent to an activating group) is 1. The molecule has 0 saturated heterocycles. The predicted octanol–water partition coefficient (Wildman–Crippen LogP) is 3.37. The molecule has 21 heavy (non-hydrogen) atoms. The van der Waals surface area contributed by atoms with Crippen molar-refractivity contribution < 1.29 is 4.79 Å². The molecule has 1 atom stereocenters. The summed E-state index contributed by atoms with van der Waals surface area (Å²) in [6, 6.07) is 12.2. The van der Waals surface area contributed by atoms with Gasteiger partial charge in [-0.1, -0.05) is 30.3 Å². The summed E-state index contributed by atoms with van der Waals surface area (Å²) in [5, 5.41) is 5.14. The summed E-state index contributed by atoms with van der Waals surface area (Å²) in [4.78, 5) is 15.5. The first-order chi connectivity index (χ1) is 10.1. The third-order valence-electron chi connectivity index (χ3n) is 3.47. The maximum absolute atomic E-state index is 12.1. The molecule has 1 N–H and O–H groups in total. The van der Waals surface area contributed by atoms with E-state index in [2.05, 4.69) is 23.7 Å². The quantitative estimate of drug-likeness (QED) is 0.887. The van der Waals surface area contributed by atoms with Crippen molar-refractivity contribution in [3.8, 4) is 0 Å². The maximum Gasteiger partial charge on any atom is 0.234 e. The molecule has 3 nitrogen and oxygen atoms in total. The van der Waals surface area contributed by atoms with Crippen LogP contribution in [0.2, 0.25) is 0 Å². The Labute approximate surface area is 130 Å². The first kappa shape index (κ1) is 15.7. The van der Waals surface area contributed by atoms with Crippen LogP contribution in [0.3, 0.4) is 0 Å². The second-order valence-corrected chi connectivity index (χ2v) is 6.40. The van der Waals surface area contributed by atoms with Crippen molar-refractivity contribution >= 4 is 17.2 Å². The molecule has 0 fully saturated rings. The van der Waals surface area contributed by atoms with Crippen molar-refractivity contribution in [2.75, 3.05) is 13.6 Å². The lowest BCUT2D eigenvalue weighted by molar-refractivity contribution is -0.122. The highest BCUT2D eigenvalue weighted by atomic mass is 32.1. The van der Waals surface area contributed by atoms with Gasteiger partial charge >= 0.3 is 0 Å². The highest BCUT2D eigenvalue weighted by Gasteiger charge is 2.12. The fraction of sp³-hybridized carbons (Fsp3) is 0.353. The summed E-state index contributed by atoms with van der Waals surface area (Å²) in [5.74, 6) is 0.0584. The minimum atomic E-state index is 0.0376. The van der Waals surface area contributed by atoms with Crippen molar-refractivity contribution in [2.45, 2.75) is 26.4 Å². The normalized spacial score (nSPS) is 12.4. The Morgan fingerprint density at radius 2 is 2.00 bits per heavy atom. The first-order valence-electron chi connectivity index (χ1n) is 7.12. The topological polar surface area (TPSA) is 32.3 Å². The third kappa shape index (κ3) is 4.69. The molecule has 0 aliphatic rings. The molecular weight excluding hydrogens is 280 g/mol. The Kier molecular flexibility index (Phi) is 5.53. The summed E-state index contributed by atoms with van der Waals surface area (Å²) in [7, 11) is 1.98. The van der Waals surface area contributed by atoms with Gasteiger partial charge < -0.3 is 5.32 Å². The zero-order chi connectivity index (χ0) is 15.2. The number of hydrogen-bond donors (Lipinski definition) is 1. The Hall–Kier alpha value is -1.65. The van der Waals surface area contributed by atoms with Crippen LogP contribution >= 0.6 is 11.3 Å². The molecule has 0 radical (unpaired) electrons. The van der Waals surface area contributed by atoms with Gasteiger partial charge in [0.1, 0.15) is 0 Å². The number of amides is 1. The molecule has 0 bridgehead atoms. The fourth-order valence-electron chi connectivity index (χ4n) is 2.22. The minimum Gasteiger partial charge on any atom is -0.348 e. The van der Waals surface area contributed by atoms with Crippen LogP contribution in [-0.2, 0) is 11.3 Å². The second-order valence-electron chi connectivity index (χ2n) is 5.40. The molecule has 0 saturated carbocycles. The van der Waals surface area contributed by atoms with E-state index in [-0.39, 0.29) is 11.9 Å². The van der Waals surface area contributed by atoms with Gasteiger partial charge in [0.15, 0.2) is 0 Å². The zero-order valence-electron chi connectivity index (χ0n) is 12.8. The SMILES string of the molecule is Cc1ccsc1CN(C)CC(=O)N[C@H](C)c1ccccc1. The highest BCUT2D eigenvalue weighted by molar-refractivity contribution is 7.10. The van der Waals surface area contributed by atoms with Crippen LogP contribution in [0.25, 0.3) is 0 Å². The minimum absolute atomic E-state index is 0.0376. The van der Waals surface area contributed by atoms with E-state index in [4.69, 9.17) is 0 Å². The maximum atomic E-state index is 12.1. The van der Waals surface area contributed by atoms with Gasteiger partial charge in [-0.05, 0) is 43.5 Å². The molecule has 0 aliphatic carbocycles. The van der Waals surface area contributed by atoms with Gasteiger partial charge in [-0.15, -0.1) is 11.3 Å². The van der Waals surface area contributed by atoms with E-state index in [9.17, 15) is 4.79 Å². The van der Waals surface area contributed by atoms with E-state index in [1.165, 1.54) is 10.4 Å². The van der Waals surface area contributed by atoms with Crippen LogP contribution in [0.15, 0.2) is 41.8 Å². The molecule has 0 aliphatic heterocycles. The van der Waals surface area contributed by atoms with E-state index in [1.807, 2.05) is 49.2 Å². The van der Waals surface area contributed by atoms with Crippen LogP contribution in [0, 0.1) is 6.92 Å². The molecule has 1 aromatic heterocycles. The Morgan fingerprint density at radius 1 is 1.29 bits per heavy atom. The Balaban J connectivity index is 1.83. The number of nitrogens with zero attached hydrogens (tertiary/aromatic N) is 1. The van der Waals surface area contributed by atoms with Crippen LogP contribution in [0.4, 0.5) is 0 Å². The lowest BCUT2D eigenvalue weighted by atomic mass is 10.1. The summed E-state index contributed by atoms with van der Waals surface area (Å²) in [6.45, 7) is 5.35. The van der Waals surface area contributed by atoms with Gasteiger partial charge in [0, 0.05) is 11.4 Å². The molecule has 2 aromatic rings. The van der Waals surface area contributed by atoms with Crippen LogP contribution in [-0.4, -0.2) is 24.4 Å². The average molecular weight is 302 g/mol. The Bertz CT molecular complexity index is 579. The zero-order valence-corrected chi connectivity index (χ0v) is 13.6. The van der Waals surface area contributed by atoms with Crippen LogP contribution < -0.4 is 5.32 Å². The smallest absolute Gasteiger partial charge is 0.234 e. The molecular formula is C17H22N2OS. The van der Waals surface area contributed by atoms with Crippen molar-refractivity contribution in [2.24, 2.45) is 0 Å². The number of benzene rings is 1. The average Bonchev–Trinajstić information content (AvgIpc) is 2.84. The molecule has 2 rings (SSSR count). The summed E-state index contributed by atoms with van der Waals surface area (Å²) in [6.07, 6.45) is 0. The van der Waals surface area contributed by atoms with E-state index >= 15 is 0 Å². The molecule has 4 heteroatoms. The molecule has 1 heterocycles. The Morgan fingerprint density at radius 3 is 2.62 bits per heavy atom. The molecule has 112 valence electrons. The predicted molar refractivity (Wildman–Crippen MR) is 88.4 cm³/mol. The summed E-state index contributed by atoms with van der Waals surface area (Å²) in [5.41, 5.74) is 2.42. The van der Waals surface area contributed by atoms with E-state index < -0.39 is 0 Å². The number of nitrogens with one attached hydrogen (secondary N) is 1. The fourth-order valence-corrected chi connectivity index (χ4v) is 3.21. The van der Waals surface area contributed by atoms with Crippen LogP contribution in [0.1, 0.15) is 29.0 Å². The van der Waals surface area contributed by atoms with Crippen molar-refractivity contribution in [3.05, 3.63) is 57.8 Å². The number of rotatable bonds is 6. The van der Waals surface area contributed by atoms with Gasteiger partial charge in [0.05, 0.1) is 12.6 Å².